The van der Waals surface area contributed by atoms with E-state index in [1.165, 1.54) is 21.7 Å². The summed E-state index contributed by atoms with van der Waals surface area (Å²) in [5.41, 5.74) is 4.11. The quantitative estimate of drug-likeness (QED) is 0.796. The molecule has 0 spiro atoms. The highest BCUT2D eigenvalue weighted by atomic mass is 16.4. The van der Waals surface area contributed by atoms with Crippen molar-refractivity contribution in [3.63, 3.8) is 0 Å². The number of carboxylic acid groups (broad SMARTS) is 1. The van der Waals surface area contributed by atoms with Crippen molar-refractivity contribution in [3.05, 3.63) is 29.3 Å². The van der Waals surface area contributed by atoms with E-state index in [1.807, 2.05) is 0 Å². The van der Waals surface area contributed by atoms with Crippen LogP contribution >= 0.6 is 0 Å². The lowest BCUT2D eigenvalue weighted by atomic mass is 9.98. The van der Waals surface area contributed by atoms with Crippen molar-refractivity contribution in [2.75, 3.05) is 37.6 Å². The highest BCUT2D eigenvalue weighted by molar-refractivity contribution is 5.66. The first-order valence-corrected chi connectivity index (χ1v) is 6.80. The zero-order valence-corrected chi connectivity index (χ0v) is 10.9. The normalized spacial score (nSPS) is 19.2. The number of benzene rings is 1. The van der Waals surface area contributed by atoms with Gasteiger partial charge in [0.15, 0.2) is 0 Å². The molecule has 0 bridgehead atoms. The summed E-state index contributed by atoms with van der Waals surface area (Å²) in [5.74, 6) is 0. The molecule has 2 N–H and O–H groups in total. The zero-order chi connectivity index (χ0) is 13.2. The summed E-state index contributed by atoms with van der Waals surface area (Å²) >= 11 is 0. The fraction of sp³-hybridized carbons (Fsp3) is 0.500. The van der Waals surface area contributed by atoms with Crippen molar-refractivity contribution in [2.24, 2.45) is 0 Å². The SMILES string of the molecule is O=C(O)N1CCN(c2cccc3c2CCNC3)CC1. The number of hydrogen-bond acceptors (Lipinski definition) is 3. The molecule has 0 unspecified atom stereocenters. The maximum atomic E-state index is 10.9. The van der Waals surface area contributed by atoms with Crippen LogP contribution in [0.2, 0.25) is 0 Å². The second-order valence-corrected chi connectivity index (χ2v) is 5.10. The predicted molar refractivity (Wildman–Crippen MR) is 73.7 cm³/mol. The molecule has 2 aliphatic heterocycles. The molecule has 2 aliphatic rings. The first-order chi connectivity index (χ1) is 9.25. The molecule has 1 aromatic carbocycles. The summed E-state index contributed by atoms with van der Waals surface area (Å²) < 4.78 is 0. The summed E-state index contributed by atoms with van der Waals surface area (Å²) in [4.78, 5) is 14.7. The van der Waals surface area contributed by atoms with Gasteiger partial charge in [0, 0.05) is 38.4 Å². The van der Waals surface area contributed by atoms with Crippen LogP contribution in [-0.4, -0.2) is 48.8 Å². The lowest BCUT2D eigenvalue weighted by Gasteiger charge is -2.36. The number of carbonyl (C=O) groups is 1. The maximum Gasteiger partial charge on any atom is 0.407 e. The Bertz CT molecular complexity index is 482. The van der Waals surface area contributed by atoms with Crippen LogP contribution in [0.25, 0.3) is 0 Å². The number of nitrogens with one attached hydrogen (secondary N) is 1. The lowest BCUT2D eigenvalue weighted by Crippen LogP contribution is -2.48. The second kappa shape index (κ2) is 5.09. The van der Waals surface area contributed by atoms with Crippen molar-refractivity contribution >= 4 is 11.8 Å². The molecule has 102 valence electrons. The summed E-state index contributed by atoms with van der Waals surface area (Å²) in [6, 6.07) is 6.45. The lowest BCUT2D eigenvalue weighted by molar-refractivity contribution is 0.142. The van der Waals surface area contributed by atoms with Crippen molar-refractivity contribution in [3.8, 4) is 0 Å². The van der Waals surface area contributed by atoms with Gasteiger partial charge in [0.1, 0.15) is 0 Å². The van der Waals surface area contributed by atoms with Crippen LogP contribution in [0.3, 0.4) is 0 Å². The first-order valence-electron chi connectivity index (χ1n) is 6.80. The Hall–Kier alpha value is -1.75. The van der Waals surface area contributed by atoms with E-state index in [0.717, 1.165) is 32.6 Å². The van der Waals surface area contributed by atoms with Crippen LogP contribution in [0, 0.1) is 0 Å². The molecule has 0 radical (unpaired) electrons. The average Bonchev–Trinajstić information content (AvgIpc) is 2.47. The van der Waals surface area contributed by atoms with E-state index in [1.54, 1.807) is 0 Å². The van der Waals surface area contributed by atoms with Crippen molar-refractivity contribution in [2.45, 2.75) is 13.0 Å². The molecule has 0 aromatic heterocycles. The Morgan fingerprint density at radius 3 is 2.74 bits per heavy atom. The standard InChI is InChI=1S/C14H19N3O2/c18-14(19)17-8-6-16(7-9-17)13-3-1-2-11-10-15-5-4-12(11)13/h1-3,15H,4-10H2,(H,18,19). The van der Waals surface area contributed by atoms with Gasteiger partial charge in [-0.25, -0.2) is 4.79 Å². The molecule has 0 atom stereocenters. The van der Waals surface area contributed by atoms with E-state index in [9.17, 15) is 4.79 Å². The van der Waals surface area contributed by atoms with Crippen LogP contribution in [0.15, 0.2) is 18.2 Å². The minimum Gasteiger partial charge on any atom is -0.465 e. The van der Waals surface area contributed by atoms with E-state index in [0.29, 0.717) is 13.1 Å². The number of fused-ring (bicyclic) bond motifs is 1. The largest absolute Gasteiger partial charge is 0.465 e. The summed E-state index contributed by atoms with van der Waals surface area (Å²) in [7, 11) is 0. The fourth-order valence-electron chi connectivity index (χ4n) is 2.95. The molecule has 2 heterocycles. The Balaban J connectivity index is 1.78. The third-order valence-electron chi connectivity index (χ3n) is 4.01. The second-order valence-electron chi connectivity index (χ2n) is 5.10. The summed E-state index contributed by atoms with van der Waals surface area (Å²) in [6.45, 7) is 4.73. The molecular formula is C14H19N3O2. The van der Waals surface area contributed by atoms with E-state index < -0.39 is 6.09 Å². The van der Waals surface area contributed by atoms with E-state index in [2.05, 4.69) is 28.4 Å². The highest BCUT2D eigenvalue weighted by Crippen LogP contribution is 2.27. The first kappa shape index (κ1) is 12.3. The van der Waals surface area contributed by atoms with Gasteiger partial charge >= 0.3 is 6.09 Å². The number of piperazine rings is 1. The number of nitrogens with zero attached hydrogens (tertiary/aromatic N) is 2. The fourth-order valence-corrected chi connectivity index (χ4v) is 2.95. The third kappa shape index (κ3) is 2.38. The molecule has 1 saturated heterocycles. The van der Waals surface area contributed by atoms with Gasteiger partial charge in [0.25, 0.3) is 0 Å². The van der Waals surface area contributed by atoms with E-state index in [4.69, 9.17) is 5.11 Å². The molecule has 3 rings (SSSR count). The molecule has 19 heavy (non-hydrogen) atoms. The van der Waals surface area contributed by atoms with Gasteiger partial charge in [-0.3, -0.25) is 0 Å². The molecule has 5 heteroatoms. The molecule has 0 aliphatic carbocycles. The third-order valence-corrected chi connectivity index (χ3v) is 4.01. The molecule has 5 nitrogen and oxygen atoms in total. The van der Waals surface area contributed by atoms with Gasteiger partial charge in [0.05, 0.1) is 0 Å². The Morgan fingerprint density at radius 1 is 1.21 bits per heavy atom. The Labute approximate surface area is 112 Å². The molecule has 1 aromatic rings. The average molecular weight is 261 g/mol. The van der Waals surface area contributed by atoms with Gasteiger partial charge < -0.3 is 20.2 Å². The van der Waals surface area contributed by atoms with Crippen molar-refractivity contribution in [1.82, 2.24) is 10.2 Å². The smallest absolute Gasteiger partial charge is 0.407 e. The summed E-state index contributed by atoms with van der Waals surface area (Å²) in [5, 5.41) is 12.4. The van der Waals surface area contributed by atoms with Crippen LogP contribution in [-0.2, 0) is 13.0 Å². The maximum absolute atomic E-state index is 10.9. The van der Waals surface area contributed by atoms with Gasteiger partial charge in [-0.1, -0.05) is 12.1 Å². The van der Waals surface area contributed by atoms with Crippen LogP contribution in [0.5, 0.6) is 0 Å². The highest BCUT2D eigenvalue weighted by Gasteiger charge is 2.23. The van der Waals surface area contributed by atoms with Crippen molar-refractivity contribution < 1.29 is 9.90 Å². The minimum atomic E-state index is -0.807. The topological polar surface area (TPSA) is 55.8 Å². The van der Waals surface area contributed by atoms with Crippen LogP contribution in [0.4, 0.5) is 10.5 Å². The number of anilines is 1. The van der Waals surface area contributed by atoms with Gasteiger partial charge in [0.2, 0.25) is 0 Å². The number of hydrogen-bond donors (Lipinski definition) is 2. The van der Waals surface area contributed by atoms with Crippen molar-refractivity contribution in [1.29, 1.82) is 0 Å². The number of amides is 1. The molecule has 1 fully saturated rings. The van der Waals surface area contributed by atoms with E-state index >= 15 is 0 Å². The Kier molecular flexibility index (Phi) is 3.29. The predicted octanol–water partition coefficient (Wildman–Crippen LogP) is 1.13. The van der Waals surface area contributed by atoms with Crippen LogP contribution in [0.1, 0.15) is 11.1 Å². The van der Waals surface area contributed by atoms with Crippen LogP contribution < -0.4 is 10.2 Å². The van der Waals surface area contributed by atoms with Gasteiger partial charge in [-0.05, 0) is 30.2 Å². The monoisotopic (exact) mass is 261 g/mol. The Morgan fingerprint density at radius 2 is 2.00 bits per heavy atom. The minimum absolute atomic E-state index is 0.594. The van der Waals surface area contributed by atoms with Gasteiger partial charge in [-0.2, -0.15) is 0 Å². The molecule has 0 saturated carbocycles. The summed E-state index contributed by atoms with van der Waals surface area (Å²) in [6.07, 6.45) is 0.254. The van der Waals surface area contributed by atoms with E-state index in [-0.39, 0.29) is 0 Å². The van der Waals surface area contributed by atoms with Gasteiger partial charge in [-0.15, -0.1) is 0 Å². The zero-order valence-electron chi connectivity index (χ0n) is 10.9. The molecule has 1 amide bonds. The number of rotatable bonds is 1. The molecular weight excluding hydrogens is 242 g/mol.